The second kappa shape index (κ2) is 7.63. The lowest BCUT2D eigenvalue weighted by Gasteiger charge is -2.11. The summed E-state index contributed by atoms with van der Waals surface area (Å²) in [6, 6.07) is 3.40. The molecule has 0 saturated carbocycles. The molecule has 0 amide bonds. The Labute approximate surface area is 142 Å². The second-order valence-electron chi connectivity index (χ2n) is 5.77. The maximum atomic E-state index is 12.4. The predicted molar refractivity (Wildman–Crippen MR) is 92.7 cm³/mol. The van der Waals surface area contributed by atoms with Gasteiger partial charge in [0.1, 0.15) is 11.5 Å². The van der Waals surface area contributed by atoms with Crippen LogP contribution in [0.1, 0.15) is 17.9 Å². The average molecular weight is 353 g/mol. The quantitative estimate of drug-likeness (QED) is 0.699. The molecular weight excluding hydrogens is 330 g/mol. The van der Waals surface area contributed by atoms with Crippen LogP contribution < -0.4 is 10.0 Å². The van der Waals surface area contributed by atoms with Gasteiger partial charge >= 0.3 is 0 Å². The summed E-state index contributed by atoms with van der Waals surface area (Å²) in [5.41, 5.74) is 0.709. The summed E-state index contributed by atoms with van der Waals surface area (Å²) in [6.07, 6.45) is 2.47. The zero-order valence-corrected chi connectivity index (χ0v) is 15.1. The lowest BCUT2D eigenvalue weighted by Crippen LogP contribution is -2.17. The standard InChI is InChI=1S/C15H23N5O3S/c1-11-15(12(2)23-18-11)24(21,22)19-13-6-7-14(17-10-13)16-8-5-9-20(3)4/h6-7,10,19H,5,8-9H2,1-4H3,(H,16,17). The van der Waals surface area contributed by atoms with Gasteiger partial charge in [0, 0.05) is 6.54 Å². The number of aromatic nitrogens is 2. The lowest BCUT2D eigenvalue weighted by atomic mass is 10.4. The molecule has 2 heterocycles. The molecule has 0 bridgehead atoms. The summed E-state index contributed by atoms with van der Waals surface area (Å²) >= 11 is 0. The second-order valence-corrected chi connectivity index (χ2v) is 7.39. The fourth-order valence-electron chi connectivity index (χ4n) is 2.24. The number of pyridine rings is 1. The van der Waals surface area contributed by atoms with Crippen LogP contribution in [0.2, 0.25) is 0 Å². The molecule has 0 aliphatic carbocycles. The third-order valence-electron chi connectivity index (χ3n) is 3.34. The Morgan fingerprint density at radius 1 is 1.25 bits per heavy atom. The van der Waals surface area contributed by atoms with Crippen molar-refractivity contribution < 1.29 is 12.9 Å². The van der Waals surface area contributed by atoms with E-state index in [9.17, 15) is 8.42 Å². The fraction of sp³-hybridized carbons (Fsp3) is 0.467. The number of aryl methyl sites for hydroxylation is 2. The smallest absolute Gasteiger partial charge is 0.267 e. The van der Waals surface area contributed by atoms with E-state index in [2.05, 4.69) is 25.1 Å². The highest BCUT2D eigenvalue weighted by Crippen LogP contribution is 2.22. The molecule has 2 rings (SSSR count). The highest BCUT2D eigenvalue weighted by atomic mass is 32.2. The first-order chi connectivity index (χ1) is 11.3. The molecule has 132 valence electrons. The Balaban J connectivity index is 1.99. The van der Waals surface area contributed by atoms with Crippen LogP contribution in [-0.4, -0.2) is 50.6 Å². The zero-order chi connectivity index (χ0) is 17.7. The van der Waals surface area contributed by atoms with Crippen LogP contribution in [0.4, 0.5) is 11.5 Å². The van der Waals surface area contributed by atoms with Crippen molar-refractivity contribution in [2.75, 3.05) is 37.2 Å². The molecule has 2 aromatic rings. The van der Waals surface area contributed by atoms with Crippen molar-refractivity contribution >= 4 is 21.5 Å². The number of nitrogens with zero attached hydrogens (tertiary/aromatic N) is 3. The van der Waals surface area contributed by atoms with Gasteiger partial charge in [-0.1, -0.05) is 5.16 Å². The zero-order valence-electron chi connectivity index (χ0n) is 14.3. The minimum Gasteiger partial charge on any atom is -0.370 e. The van der Waals surface area contributed by atoms with Gasteiger partial charge in [-0.25, -0.2) is 13.4 Å². The number of anilines is 2. The van der Waals surface area contributed by atoms with Crippen molar-refractivity contribution in [1.82, 2.24) is 15.0 Å². The van der Waals surface area contributed by atoms with Crippen molar-refractivity contribution in [2.24, 2.45) is 0 Å². The summed E-state index contributed by atoms with van der Waals surface area (Å²) in [6.45, 7) is 4.94. The third-order valence-corrected chi connectivity index (χ3v) is 4.97. The van der Waals surface area contributed by atoms with E-state index in [1.165, 1.54) is 6.20 Å². The van der Waals surface area contributed by atoms with Crippen LogP contribution in [0.25, 0.3) is 0 Å². The monoisotopic (exact) mass is 353 g/mol. The number of nitrogens with one attached hydrogen (secondary N) is 2. The minimum atomic E-state index is -3.75. The third kappa shape index (κ3) is 4.68. The highest BCUT2D eigenvalue weighted by Gasteiger charge is 2.24. The first-order valence-electron chi connectivity index (χ1n) is 7.60. The van der Waals surface area contributed by atoms with E-state index >= 15 is 0 Å². The Morgan fingerprint density at radius 3 is 2.54 bits per heavy atom. The normalized spacial score (nSPS) is 11.7. The van der Waals surface area contributed by atoms with Crippen molar-refractivity contribution in [3.05, 3.63) is 29.8 Å². The van der Waals surface area contributed by atoms with Gasteiger partial charge in [-0.05, 0) is 53.0 Å². The molecule has 0 aromatic carbocycles. The Hall–Kier alpha value is -2.13. The van der Waals surface area contributed by atoms with Crippen molar-refractivity contribution in [3.8, 4) is 0 Å². The topological polar surface area (TPSA) is 100 Å². The molecule has 8 nitrogen and oxygen atoms in total. The maximum absolute atomic E-state index is 12.4. The average Bonchev–Trinajstić information content (AvgIpc) is 2.84. The minimum absolute atomic E-state index is 0.0633. The van der Waals surface area contributed by atoms with Crippen molar-refractivity contribution in [3.63, 3.8) is 0 Å². The van der Waals surface area contributed by atoms with Crippen LogP contribution in [-0.2, 0) is 10.0 Å². The summed E-state index contributed by atoms with van der Waals surface area (Å²) < 4.78 is 32.2. The van der Waals surface area contributed by atoms with Crippen LogP contribution in [0.5, 0.6) is 0 Å². The molecule has 0 radical (unpaired) electrons. The van der Waals surface area contributed by atoms with E-state index in [0.717, 1.165) is 19.5 Å². The molecule has 0 aliphatic rings. The summed E-state index contributed by atoms with van der Waals surface area (Å²) in [5, 5.41) is 6.86. The Morgan fingerprint density at radius 2 is 2.00 bits per heavy atom. The predicted octanol–water partition coefficient (Wildman–Crippen LogP) is 1.85. The number of rotatable bonds is 8. The van der Waals surface area contributed by atoms with Crippen LogP contribution in [0, 0.1) is 13.8 Å². The Bertz CT molecular complexity index is 749. The van der Waals surface area contributed by atoms with E-state index < -0.39 is 10.0 Å². The number of sulfonamides is 1. The molecule has 24 heavy (non-hydrogen) atoms. The van der Waals surface area contributed by atoms with Crippen molar-refractivity contribution in [1.29, 1.82) is 0 Å². The molecular formula is C15H23N5O3S. The van der Waals surface area contributed by atoms with Crippen molar-refractivity contribution in [2.45, 2.75) is 25.2 Å². The molecule has 2 N–H and O–H groups in total. The fourth-order valence-corrected chi connectivity index (χ4v) is 3.61. The Kier molecular flexibility index (Phi) is 5.79. The lowest BCUT2D eigenvalue weighted by molar-refractivity contribution is 0.390. The van der Waals surface area contributed by atoms with Crippen LogP contribution in [0.3, 0.4) is 0 Å². The number of hydrogen-bond donors (Lipinski definition) is 2. The SMILES string of the molecule is Cc1noc(C)c1S(=O)(=O)Nc1ccc(NCCCN(C)C)nc1. The summed E-state index contributed by atoms with van der Waals surface area (Å²) in [5.74, 6) is 0.959. The summed E-state index contributed by atoms with van der Waals surface area (Å²) in [7, 11) is 0.305. The van der Waals surface area contributed by atoms with Gasteiger partial charge in [0.05, 0.1) is 11.9 Å². The van der Waals surface area contributed by atoms with Crippen LogP contribution >= 0.6 is 0 Å². The van der Waals surface area contributed by atoms with Gasteiger partial charge in [0.25, 0.3) is 10.0 Å². The summed E-state index contributed by atoms with van der Waals surface area (Å²) in [4.78, 5) is 6.39. The van der Waals surface area contributed by atoms with E-state index in [1.54, 1.807) is 26.0 Å². The van der Waals surface area contributed by atoms with Gasteiger partial charge in [-0.3, -0.25) is 4.72 Å². The molecule has 0 atom stereocenters. The van der Waals surface area contributed by atoms with E-state index in [1.807, 2.05) is 14.1 Å². The number of hydrogen-bond acceptors (Lipinski definition) is 7. The molecule has 0 unspecified atom stereocenters. The van der Waals surface area contributed by atoms with Crippen LogP contribution in [0.15, 0.2) is 27.7 Å². The largest absolute Gasteiger partial charge is 0.370 e. The van der Waals surface area contributed by atoms with Gasteiger partial charge in [0.15, 0.2) is 10.7 Å². The van der Waals surface area contributed by atoms with Gasteiger partial charge in [-0.15, -0.1) is 0 Å². The molecule has 0 fully saturated rings. The van der Waals surface area contributed by atoms with Gasteiger partial charge in [0.2, 0.25) is 0 Å². The molecule has 2 aromatic heterocycles. The van der Waals surface area contributed by atoms with Gasteiger partial charge in [-0.2, -0.15) is 0 Å². The molecule has 0 saturated heterocycles. The first kappa shape index (κ1) is 18.2. The maximum Gasteiger partial charge on any atom is 0.267 e. The first-order valence-corrected chi connectivity index (χ1v) is 9.08. The molecule has 0 spiro atoms. The molecule has 0 aliphatic heterocycles. The van der Waals surface area contributed by atoms with E-state index in [4.69, 9.17) is 4.52 Å². The highest BCUT2D eigenvalue weighted by molar-refractivity contribution is 7.92. The van der Waals surface area contributed by atoms with Gasteiger partial charge < -0.3 is 14.7 Å². The molecule has 9 heteroatoms. The van der Waals surface area contributed by atoms with E-state index in [0.29, 0.717) is 17.2 Å². The van der Waals surface area contributed by atoms with E-state index in [-0.39, 0.29) is 10.7 Å².